The smallest absolute Gasteiger partial charge is 0.234 e. The number of carbonyl (C=O) groups excluding carboxylic acids is 1. The molecule has 0 radical (unpaired) electrons. The van der Waals surface area contributed by atoms with E-state index in [0.717, 1.165) is 16.8 Å². The molecule has 3 aromatic rings. The third kappa shape index (κ3) is 5.68. The molecule has 0 aliphatic heterocycles. The van der Waals surface area contributed by atoms with Crippen molar-refractivity contribution in [1.82, 2.24) is 14.8 Å². The lowest BCUT2D eigenvalue weighted by Crippen LogP contribution is -2.30. The number of nitrogens with zero attached hydrogens (tertiary/aromatic N) is 4. The third-order valence-electron chi connectivity index (χ3n) is 5.05. The Bertz CT molecular complexity index is 1190. The van der Waals surface area contributed by atoms with Gasteiger partial charge in [-0.3, -0.25) is 9.10 Å². The molecule has 0 saturated carbocycles. The first-order valence-corrected chi connectivity index (χ1v) is 13.0. The minimum atomic E-state index is -3.52. The van der Waals surface area contributed by atoms with E-state index in [2.05, 4.69) is 15.5 Å². The highest BCUT2D eigenvalue weighted by molar-refractivity contribution is 7.99. The summed E-state index contributed by atoms with van der Waals surface area (Å²) < 4.78 is 27.9. The lowest BCUT2D eigenvalue weighted by molar-refractivity contribution is -0.113. The van der Waals surface area contributed by atoms with Gasteiger partial charge in [-0.2, -0.15) is 0 Å². The molecular weight excluding hydrogens is 446 g/mol. The zero-order valence-electron chi connectivity index (χ0n) is 18.6. The Morgan fingerprint density at radius 2 is 1.81 bits per heavy atom. The van der Waals surface area contributed by atoms with Crippen LogP contribution in [-0.2, 0) is 27.9 Å². The number of aromatic nitrogens is 3. The van der Waals surface area contributed by atoms with E-state index in [1.165, 1.54) is 22.3 Å². The molecule has 0 unspecified atom stereocenters. The highest BCUT2D eigenvalue weighted by Gasteiger charge is 2.22. The average Bonchev–Trinajstić information content (AvgIpc) is 3.15. The number of thioether (sulfide) groups is 1. The third-order valence-corrected chi connectivity index (χ3v) is 7.16. The van der Waals surface area contributed by atoms with E-state index in [-0.39, 0.29) is 18.2 Å². The van der Waals surface area contributed by atoms with E-state index in [4.69, 9.17) is 0 Å². The number of sulfonamides is 1. The summed E-state index contributed by atoms with van der Waals surface area (Å²) in [7, 11) is -3.52. The van der Waals surface area contributed by atoms with Crippen LogP contribution in [0.5, 0.6) is 0 Å². The van der Waals surface area contributed by atoms with Crippen molar-refractivity contribution in [3.8, 4) is 0 Å². The summed E-state index contributed by atoms with van der Waals surface area (Å²) in [5, 5.41) is 11.9. The van der Waals surface area contributed by atoms with Crippen molar-refractivity contribution < 1.29 is 13.2 Å². The van der Waals surface area contributed by atoms with Crippen molar-refractivity contribution in [3.63, 3.8) is 0 Å². The van der Waals surface area contributed by atoms with Gasteiger partial charge in [0.15, 0.2) is 11.0 Å². The molecule has 0 saturated heterocycles. The second-order valence-electron chi connectivity index (χ2n) is 7.33. The summed E-state index contributed by atoms with van der Waals surface area (Å²) >= 11 is 1.27. The molecule has 0 spiro atoms. The van der Waals surface area contributed by atoms with Gasteiger partial charge in [-0.1, -0.05) is 42.1 Å². The first kappa shape index (κ1) is 23.8. The van der Waals surface area contributed by atoms with Crippen LogP contribution in [0.4, 0.5) is 11.4 Å². The molecule has 170 valence electrons. The monoisotopic (exact) mass is 473 g/mol. The maximum Gasteiger partial charge on any atom is 0.234 e. The second kappa shape index (κ2) is 10.2. The molecule has 0 aliphatic carbocycles. The van der Waals surface area contributed by atoms with Gasteiger partial charge < -0.3 is 9.88 Å². The average molecular weight is 474 g/mol. The number of nitrogens with one attached hydrogen (secondary N) is 1. The van der Waals surface area contributed by atoms with Gasteiger partial charge in [0.05, 0.1) is 24.2 Å². The molecule has 1 amide bonds. The van der Waals surface area contributed by atoms with E-state index in [1.54, 1.807) is 24.3 Å². The van der Waals surface area contributed by atoms with Gasteiger partial charge in [-0.05, 0) is 50.1 Å². The zero-order valence-corrected chi connectivity index (χ0v) is 20.2. The minimum absolute atomic E-state index is 0.0545. The van der Waals surface area contributed by atoms with Crippen molar-refractivity contribution in [2.75, 3.05) is 21.6 Å². The standard InChI is InChI=1S/C22H27N5O3S2/c1-5-26-20(14-27(32(4,29)30)18-11-7-6-8-12-18)24-25-22(26)31-15-21(28)23-19-13-9-10-16(2)17(19)3/h6-13H,5,14-15H2,1-4H3,(H,23,28). The van der Waals surface area contributed by atoms with Gasteiger partial charge in [0.25, 0.3) is 0 Å². The Morgan fingerprint density at radius 3 is 2.47 bits per heavy atom. The first-order chi connectivity index (χ1) is 15.2. The molecule has 10 heteroatoms. The van der Waals surface area contributed by atoms with E-state index in [9.17, 15) is 13.2 Å². The highest BCUT2D eigenvalue weighted by Crippen LogP contribution is 2.23. The van der Waals surface area contributed by atoms with Crippen molar-refractivity contribution in [2.45, 2.75) is 39.0 Å². The van der Waals surface area contributed by atoms with Crippen molar-refractivity contribution in [3.05, 3.63) is 65.5 Å². The van der Waals surface area contributed by atoms with E-state index >= 15 is 0 Å². The Kier molecular flexibility index (Phi) is 7.57. The normalized spacial score (nSPS) is 11.4. The number of carbonyl (C=O) groups is 1. The molecular formula is C22H27N5O3S2. The molecule has 0 aliphatic rings. The van der Waals surface area contributed by atoms with Crippen LogP contribution in [0.25, 0.3) is 0 Å². The van der Waals surface area contributed by atoms with Crippen LogP contribution in [-0.4, -0.2) is 41.1 Å². The fraction of sp³-hybridized carbons (Fsp3) is 0.318. The Labute approximate surface area is 193 Å². The molecule has 2 aromatic carbocycles. The van der Waals surface area contributed by atoms with Crippen LogP contribution >= 0.6 is 11.8 Å². The lowest BCUT2D eigenvalue weighted by Gasteiger charge is -2.22. The van der Waals surface area contributed by atoms with Gasteiger partial charge in [0.2, 0.25) is 15.9 Å². The quantitative estimate of drug-likeness (QED) is 0.477. The minimum Gasteiger partial charge on any atom is -0.325 e. The summed E-state index contributed by atoms with van der Waals surface area (Å²) in [4.78, 5) is 12.5. The summed E-state index contributed by atoms with van der Waals surface area (Å²) in [5.74, 6) is 0.539. The van der Waals surface area contributed by atoms with Gasteiger partial charge in [0.1, 0.15) is 0 Å². The summed E-state index contributed by atoms with van der Waals surface area (Å²) in [5.41, 5.74) is 3.49. The second-order valence-corrected chi connectivity index (χ2v) is 10.2. The Balaban J connectivity index is 1.73. The number of hydrogen-bond donors (Lipinski definition) is 1. The van der Waals surface area contributed by atoms with Crippen LogP contribution in [0.1, 0.15) is 23.9 Å². The van der Waals surface area contributed by atoms with E-state index in [0.29, 0.717) is 23.2 Å². The van der Waals surface area contributed by atoms with Gasteiger partial charge >= 0.3 is 0 Å². The Hall–Kier alpha value is -2.85. The lowest BCUT2D eigenvalue weighted by atomic mass is 10.1. The number of amides is 1. The van der Waals surface area contributed by atoms with Crippen LogP contribution in [0, 0.1) is 13.8 Å². The number of benzene rings is 2. The first-order valence-electron chi connectivity index (χ1n) is 10.1. The predicted octanol–water partition coefficient (Wildman–Crippen LogP) is 3.61. The molecule has 0 atom stereocenters. The molecule has 1 heterocycles. The molecule has 1 N–H and O–H groups in total. The zero-order chi connectivity index (χ0) is 23.3. The molecule has 0 fully saturated rings. The maximum absolute atomic E-state index is 12.5. The molecule has 3 rings (SSSR count). The van der Waals surface area contributed by atoms with Crippen molar-refractivity contribution in [1.29, 1.82) is 0 Å². The number of aryl methyl sites for hydroxylation is 1. The van der Waals surface area contributed by atoms with Crippen molar-refractivity contribution in [2.24, 2.45) is 0 Å². The number of hydrogen-bond acceptors (Lipinski definition) is 6. The fourth-order valence-electron chi connectivity index (χ4n) is 3.19. The maximum atomic E-state index is 12.5. The molecule has 32 heavy (non-hydrogen) atoms. The predicted molar refractivity (Wildman–Crippen MR) is 128 cm³/mol. The Morgan fingerprint density at radius 1 is 1.09 bits per heavy atom. The van der Waals surface area contributed by atoms with Crippen molar-refractivity contribution >= 4 is 39.1 Å². The molecule has 8 nitrogen and oxygen atoms in total. The van der Waals surface area contributed by atoms with E-state index in [1.807, 2.05) is 49.6 Å². The van der Waals surface area contributed by atoms with E-state index < -0.39 is 10.0 Å². The van der Waals surface area contributed by atoms with Gasteiger partial charge in [-0.15, -0.1) is 10.2 Å². The fourth-order valence-corrected chi connectivity index (χ4v) is 4.86. The van der Waals surface area contributed by atoms with Gasteiger partial charge in [-0.25, -0.2) is 8.42 Å². The van der Waals surface area contributed by atoms with Gasteiger partial charge in [0, 0.05) is 12.2 Å². The summed E-state index contributed by atoms with van der Waals surface area (Å²) in [6, 6.07) is 14.7. The summed E-state index contributed by atoms with van der Waals surface area (Å²) in [6.45, 7) is 6.51. The van der Waals surface area contributed by atoms with Crippen LogP contribution in [0.2, 0.25) is 0 Å². The molecule has 1 aromatic heterocycles. The topological polar surface area (TPSA) is 97.2 Å². The number of anilines is 2. The molecule has 0 bridgehead atoms. The van der Waals surface area contributed by atoms with Crippen LogP contribution in [0.15, 0.2) is 53.7 Å². The van der Waals surface area contributed by atoms with Crippen LogP contribution < -0.4 is 9.62 Å². The summed E-state index contributed by atoms with van der Waals surface area (Å²) in [6.07, 6.45) is 1.17. The highest BCUT2D eigenvalue weighted by atomic mass is 32.2. The largest absolute Gasteiger partial charge is 0.325 e. The SMILES string of the molecule is CCn1c(CN(c2ccccc2)S(C)(=O)=O)nnc1SCC(=O)Nc1cccc(C)c1C. The number of rotatable bonds is 9. The van der Waals surface area contributed by atoms with Crippen LogP contribution in [0.3, 0.4) is 0 Å². The number of para-hydroxylation sites is 1.